The summed E-state index contributed by atoms with van der Waals surface area (Å²) in [7, 11) is 0. The van der Waals surface area contributed by atoms with E-state index in [1.807, 2.05) is 13.8 Å². The Morgan fingerprint density at radius 2 is 1.86 bits per heavy atom. The number of amides is 1. The van der Waals surface area contributed by atoms with E-state index >= 15 is 0 Å². The summed E-state index contributed by atoms with van der Waals surface area (Å²) in [5.41, 5.74) is 6.05. The molecule has 0 spiro atoms. The van der Waals surface area contributed by atoms with Crippen LogP contribution in [0.2, 0.25) is 0 Å². The molecule has 3 N–H and O–H groups in total. The van der Waals surface area contributed by atoms with Gasteiger partial charge in [0.15, 0.2) is 0 Å². The Kier molecular flexibility index (Phi) is 5.25. The summed E-state index contributed by atoms with van der Waals surface area (Å²) in [6, 6.07) is -1.18. The minimum atomic E-state index is -0.885. The molecule has 4 unspecified atom stereocenters. The van der Waals surface area contributed by atoms with Crippen LogP contribution in [0.5, 0.6) is 0 Å². The molecule has 5 nitrogen and oxygen atoms in total. The highest BCUT2D eigenvalue weighted by Crippen LogP contribution is 2.38. The highest BCUT2D eigenvalue weighted by molar-refractivity contribution is 5.87. The van der Waals surface area contributed by atoms with Crippen LogP contribution in [-0.2, 0) is 9.59 Å². The molecule has 1 aliphatic carbocycles. The minimum Gasteiger partial charge on any atom is -0.480 e. The molecule has 2 aliphatic rings. The van der Waals surface area contributed by atoms with Crippen molar-refractivity contribution in [1.29, 1.82) is 0 Å². The zero-order valence-corrected chi connectivity index (χ0v) is 13.1. The van der Waals surface area contributed by atoms with Crippen LogP contribution in [0.15, 0.2) is 0 Å². The lowest BCUT2D eigenvalue weighted by molar-refractivity contribution is -0.159. The number of likely N-dealkylation sites (tertiary alicyclic amines) is 1. The second-order valence-corrected chi connectivity index (χ2v) is 7.02. The summed E-state index contributed by atoms with van der Waals surface area (Å²) in [5.74, 6) is -0.249. The predicted octanol–water partition coefficient (Wildman–Crippen LogP) is 1.99. The largest absolute Gasteiger partial charge is 0.480 e. The van der Waals surface area contributed by atoms with E-state index in [-0.39, 0.29) is 11.9 Å². The molecule has 21 heavy (non-hydrogen) atoms. The van der Waals surface area contributed by atoms with Gasteiger partial charge in [0.05, 0.1) is 6.04 Å². The van der Waals surface area contributed by atoms with Gasteiger partial charge in [0.2, 0.25) is 5.91 Å². The number of carbonyl (C=O) groups excluding carboxylic acids is 1. The molecule has 0 bridgehead atoms. The fourth-order valence-electron chi connectivity index (χ4n) is 3.99. The van der Waals surface area contributed by atoms with Crippen LogP contribution in [0.4, 0.5) is 0 Å². The van der Waals surface area contributed by atoms with E-state index < -0.39 is 18.1 Å². The molecule has 0 aromatic rings. The average molecular weight is 296 g/mol. The first-order valence-corrected chi connectivity index (χ1v) is 8.22. The molecule has 0 aromatic carbocycles. The SMILES string of the molecule is CC(C)CC(N)C(=O)N1C(C(=O)O)CCC2CCCCC21. The quantitative estimate of drug-likeness (QED) is 0.831. The minimum absolute atomic E-state index is 0.0827. The third-order valence-electron chi connectivity index (χ3n) is 4.96. The zero-order chi connectivity index (χ0) is 15.6. The highest BCUT2D eigenvalue weighted by Gasteiger charge is 2.44. The number of nitrogens with zero attached hydrogens (tertiary/aromatic N) is 1. The first kappa shape index (κ1) is 16.3. The van der Waals surface area contributed by atoms with Gasteiger partial charge in [-0.3, -0.25) is 4.79 Å². The fraction of sp³-hybridized carbons (Fsp3) is 0.875. The topological polar surface area (TPSA) is 83.6 Å². The van der Waals surface area contributed by atoms with Gasteiger partial charge >= 0.3 is 5.97 Å². The number of carboxylic acid groups (broad SMARTS) is 1. The summed E-state index contributed by atoms with van der Waals surface area (Å²) in [5, 5.41) is 9.48. The summed E-state index contributed by atoms with van der Waals surface area (Å²) < 4.78 is 0. The fourth-order valence-corrected chi connectivity index (χ4v) is 3.99. The van der Waals surface area contributed by atoms with Gasteiger partial charge in [0.25, 0.3) is 0 Å². The molecule has 2 fully saturated rings. The van der Waals surface area contributed by atoms with E-state index in [4.69, 9.17) is 5.73 Å². The van der Waals surface area contributed by atoms with Crippen LogP contribution in [0, 0.1) is 11.8 Å². The van der Waals surface area contributed by atoms with Crippen molar-refractivity contribution in [3.8, 4) is 0 Å². The van der Waals surface area contributed by atoms with Crippen LogP contribution < -0.4 is 5.73 Å². The van der Waals surface area contributed by atoms with Crippen molar-refractivity contribution in [3.63, 3.8) is 0 Å². The standard InChI is InChI=1S/C16H28N2O3/c1-10(2)9-12(17)15(19)18-13-6-4-3-5-11(13)7-8-14(18)16(20)21/h10-14H,3-9,17H2,1-2H3,(H,20,21). The molecule has 1 saturated heterocycles. The van der Waals surface area contributed by atoms with Gasteiger partial charge in [0, 0.05) is 6.04 Å². The van der Waals surface area contributed by atoms with Crippen molar-refractivity contribution in [2.45, 2.75) is 76.9 Å². The zero-order valence-electron chi connectivity index (χ0n) is 13.1. The molecule has 1 saturated carbocycles. The van der Waals surface area contributed by atoms with E-state index in [0.29, 0.717) is 24.7 Å². The van der Waals surface area contributed by atoms with Crippen molar-refractivity contribution in [2.24, 2.45) is 17.6 Å². The summed E-state index contributed by atoms with van der Waals surface area (Å²) in [6.45, 7) is 4.06. The Morgan fingerprint density at radius 1 is 1.19 bits per heavy atom. The number of carbonyl (C=O) groups is 2. The van der Waals surface area contributed by atoms with Gasteiger partial charge in [0.1, 0.15) is 6.04 Å². The number of hydrogen-bond donors (Lipinski definition) is 2. The maximum Gasteiger partial charge on any atom is 0.326 e. The number of hydrogen-bond acceptors (Lipinski definition) is 3. The van der Waals surface area contributed by atoms with E-state index in [1.54, 1.807) is 4.90 Å². The van der Waals surface area contributed by atoms with Crippen molar-refractivity contribution in [1.82, 2.24) is 4.90 Å². The molecule has 120 valence electrons. The first-order chi connectivity index (χ1) is 9.91. The van der Waals surface area contributed by atoms with Gasteiger partial charge < -0.3 is 15.7 Å². The smallest absolute Gasteiger partial charge is 0.326 e. The Morgan fingerprint density at radius 3 is 2.48 bits per heavy atom. The number of nitrogens with two attached hydrogens (primary N) is 1. The molecule has 5 heteroatoms. The Hall–Kier alpha value is -1.10. The Balaban J connectivity index is 2.19. The first-order valence-electron chi connectivity index (χ1n) is 8.22. The lowest BCUT2D eigenvalue weighted by Crippen LogP contribution is -2.61. The van der Waals surface area contributed by atoms with Crippen LogP contribution >= 0.6 is 0 Å². The van der Waals surface area contributed by atoms with Gasteiger partial charge in [-0.25, -0.2) is 4.79 Å². The molecular formula is C16H28N2O3. The number of rotatable bonds is 4. The molecule has 0 radical (unpaired) electrons. The van der Waals surface area contributed by atoms with Gasteiger partial charge in [-0.2, -0.15) is 0 Å². The van der Waals surface area contributed by atoms with Crippen LogP contribution in [0.3, 0.4) is 0 Å². The molecule has 1 aliphatic heterocycles. The molecule has 0 aromatic heterocycles. The van der Waals surface area contributed by atoms with Gasteiger partial charge in [-0.15, -0.1) is 0 Å². The number of carboxylic acids is 1. The number of fused-ring (bicyclic) bond motifs is 1. The van der Waals surface area contributed by atoms with Crippen molar-refractivity contribution >= 4 is 11.9 Å². The normalized spacial score (nSPS) is 30.9. The van der Waals surface area contributed by atoms with E-state index in [0.717, 1.165) is 25.7 Å². The third-order valence-corrected chi connectivity index (χ3v) is 4.96. The van der Waals surface area contributed by atoms with Gasteiger partial charge in [-0.1, -0.05) is 26.7 Å². The van der Waals surface area contributed by atoms with Crippen molar-refractivity contribution < 1.29 is 14.7 Å². The second-order valence-electron chi connectivity index (χ2n) is 7.02. The van der Waals surface area contributed by atoms with E-state index in [2.05, 4.69) is 0 Å². The second kappa shape index (κ2) is 6.77. The number of aliphatic carboxylic acids is 1. The third kappa shape index (κ3) is 3.57. The maximum atomic E-state index is 12.7. The monoisotopic (exact) mass is 296 g/mol. The Bertz CT molecular complexity index is 397. The molecule has 1 amide bonds. The van der Waals surface area contributed by atoms with Crippen molar-refractivity contribution in [2.75, 3.05) is 0 Å². The van der Waals surface area contributed by atoms with E-state index in [1.165, 1.54) is 6.42 Å². The van der Waals surface area contributed by atoms with Crippen LogP contribution in [0.25, 0.3) is 0 Å². The van der Waals surface area contributed by atoms with Crippen LogP contribution in [0.1, 0.15) is 58.8 Å². The summed E-state index contributed by atoms with van der Waals surface area (Å²) in [4.78, 5) is 25.9. The van der Waals surface area contributed by atoms with Crippen LogP contribution in [-0.4, -0.2) is 40.0 Å². The average Bonchev–Trinajstić information content (AvgIpc) is 2.44. The highest BCUT2D eigenvalue weighted by atomic mass is 16.4. The van der Waals surface area contributed by atoms with Crippen molar-refractivity contribution in [3.05, 3.63) is 0 Å². The molecular weight excluding hydrogens is 268 g/mol. The number of piperidine rings is 1. The molecule has 2 rings (SSSR count). The molecule has 1 heterocycles. The van der Waals surface area contributed by atoms with Gasteiger partial charge in [-0.05, 0) is 43.9 Å². The lowest BCUT2D eigenvalue weighted by Gasteiger charge is -2.48. The lowest BCUT2D eigenvalue weighted by atomic mass is 9.76. The maximum absolute atomic E-state index is 12.7. The van der Waals surface area contributed by atoms with E-state index in [9.17, 15) is 14.7 Å². The summed E-state index contributed by atoms with van der Waals surface area (Å²) in [6.07, 6.45) is 6.41. The summed E-state index contributed by atoms with van der Waals surface area (Å²) >= 11 is 0. The Labute approximate surface area is 126 Å². The predicted molar refractivity (Wildman–Crippen MR) is 80.7 cm³/mol. The molecule has 4 atom stereocenters.